The van der Waals surface area contributed by atoms with Crippen LogP contribution >= 0.6 is 8.03 Å². The fourth-order valence-corrected chi connectivity index (χ4v) is 1.53. The van der Waals surface area contributed by atoms with Crippen LogP contribution in [0.4, 0.5) is 0 Å². The molecule has 0 radical (unpaired) electrons. The Bertz CT molecular complexity index is 238. The van der Waals surface area contributed by atoms with Gasteiger partial charge < -0.3 is 15.1 Å². The molecule has 0 rings (SSSR count). The number of hydrogen-bond acceptors (Lipinski definition) is 3. The fourth-order valence-electron chi connectivity index (χ4n) is 1.02. The molecule has 0 saturated carbocycles. The molecule has 0 spiro atoms. The smallest absolute Gasteiger partial charge is 0.307 e. The van der Waals surface area contributed by atoms with Gasteiger partial charge in [-0.05, 0) is 12.8 Å². The van der Waals surface area contributed by atoms with Crippen LogP contribution in [0.2, 0.25) is 0 Å². The third-order valence-electron chi connectivity index (χ3n) is 1.71. The maximum atomic E-state index is 10.5. The summed E-state index contributed by atoms with van der Waals surface area (Å²) in [7, 11) is -2.57. The van der Waals surface area contributed by atoms with Gasteiger partial charge in [0.15, 0.2) is 8.03 Å². The summed E-state index contributed by atoms with van der Waals surface area (Å²) in [6, 6.07) is 0. The van der Waals surface area contributed by atoms with Crippen LogP contribution in [0, 0.1) is 5.92 Å². The van der Waals surface area contributed by atoms with Crippen molar-refractivity contribution in [1.82, 2.24) is 0 Å². The van der Waals surface area contributed by atoms with Gasteiger partial charge in [-0.2, -0.15) is 0 Å². The van der Waals surface area contributed by atoms with Crippen molar-refractivity contribution < 1.29 is 29.3 Å². The third kappa shape index (κ3) is 6.62. The van der Waals surface area contributed by atoms with Gasteiger partial charge in [0.25, 0.3) is 0 Å². The van der Waals surface area contributed by atoms with E-state index in [1.807, 2.05) is 0 Å². The lowest BCUT2D eigenvalue weighted by Gasteiger charge is -2.08. The molecule has 14 heavy (non-hydrogen) atoms. The van der Waals surface area contributed by atoms with Crippen molar-refractivity contribution in [1.29, 1.82) is 0 Å². The van der Waals surface area contributed by atoms with E-state index in [4.69, 9.17) is 15.1 Å². The molecule has 0 amide bonds. The Morgan fingerprint density at radius 1 is 1.29 bits per heavy atom. The molecule has 0 bridgehead atoms. The number of aliphatic carboxylic acids is 2. The Hall–Kier alpha value is -0.870. The zero-order valence-electron chi connectivity index (χ0n) is 7.47. The van der Waals surface area contributed by atoms with E-state index in [2.05, 4.69) is 0 Å². The maximum Gasteiger partial charge on any atom is 0.307 e. The Morgan fingerprint density at radius 2 is 1.86 bits per heavy atom. The molecule has 0 saturated heterocycles. The number of hydrogen-bond donors (Lipinski definition) is 3. The van der Waals surface area contributed by atoms with E-state index in [9.17, 15) is 14.2 Å². The Morgan fingerprint density at radius 3 is 2.21 bits per heavy atom. The van der Waals surface area contributed by atoms with Crippen LogP contribution in [0.25, 0.3) is 0 Å². The monoisotopic (exact) mass is 224 g/mol. The van der Waals surface area contributed by atoms with Crippen LogP contribution < -0.4 is 0 Å². The molecule has 0 aromatic heterocycles. The van der Waals surface area contributed by atoms with Gasteiger partial charge in [-0.25, -0.2) is 0 Å². The molecule has 7 heteroatoms. The second-order valence-corrected chi connectivity index (χ2v) is 4.21. The first-order chi connectivity index (χ1) is 6.43. The van der Waals surface area contributed by atoms with Crippen LogP contribution in [0.15, 0.2) is 0 Å². The molecule has 82 valence electrons. The average Bonchev–Trinajstić information content (AvgIpc) is 2.00. The molecule has 2 unspecified atom stereocenters. The van der Waals surface area contributed by atoms with Crippen molar-refractivity contribution in [3.63, 3.8) is 0 Å². The molecule has 6 nitrogen and oxygen atoms in total. The molecule has 0 fully saturated rings. The molecule has 0 aliphatic heterocycles. The van der Waals surface area contributed by atoms with Crippen LogP contribution in [0.3, 0.4) is 0 Å². The Balaban J connectivity index is 3.91. The highest BCUT2D eigenvalue weighted by atomic mass is 31.1. The van der Waals surface area contributed by atoms with Gasteiger partial charge in [0, 0.05) is 6.16 Å². The van der Waals surface area contributed by atoms with Crippen molar-refractivity contribution in [2.45, 2.75) is 19.3 Å². The van der Waals surface area contributed by atoms with Crippen LogP contribution in [0.1, 0.15) is 19.3 Å². The van der Waals surface area contributed by atoms with E-state index < -0.39 is 32.3 Å². The summed E-state index contributed by atoms with van der Waals surface area (Å²) in [5.41, 5.74) is 0. The van der Waals surface area contributed by atoms with Gasteiger partial charge in [0.2, 0.25) is 0 Å². The second-order valence-electron chi connectivity index (χ2n) is 2.92. The minimum absolute atomic E-state index is 0.0497. The summed E-state index contributed by atoms with van der Waals surface area (Å²) in [6.45, 7) is 0. The van der Waals surface area contributed by atoms with Crippen molar-refractivity contribution in [2.75, 3.05) is 6.16 Å². The summed E-state index contributed by atoms with van der Waals surface area (Å²) in [6.07, 6.45) is -0.00704. The van der Waals surface area contributed by atoms with Gasteiger partial charge in [-0.3, -0.25) is 14.2 Å². The summed E-state index contributed by atoms with van der Waals surface area (Å²) in [4.78, 5) is 29.2. The number of carboxylic acids is 2. The van der Waals surface area contributed by atoms with Crippen molar-refractivity contribution in [3.05, 3.63) is 0 Å². The van der Waals surface area contributed by atoms with Crippen LogP contribution in [-0.4, -0.2) is 33.2 Å². The van der Waals surface area contributed by atoms with Crippen LogP contribution in [0.5, 0.6) is 0 Å². The fraction of sp³-hybridized carbons (Fsp3) is 0.714. The molecule has 0 aromatic rings. The van der Waals surface area contributed by atoms with Gasteiger partial charge in [0.05, 0.1) is 12.3 Å². The third-order valence-corrected chi connectivity index (χ3v) is 2.49. The second kappa shape index (κ2) is 6.56. The van der Waals surface area contributed by atoms with Gasteiger partial charge in [0.1, 0.15) is 0 Å². The SMILES string of the molecule is O=C(O)CC(CCC[PH](=O)O)C(=O)O. The summed E-state index contributed by atoms with van der Waals surface area (Å²) in [5.74, 6) is -3.31. The topological polar surface area (TPSA) is 112 Å². The number of carboxylic acid groups (broad SMARTS) is 2. The Kier molecular flexibility index (Phi) is 6.16. The minimum atomic E-state index is -2.57. The molecule has 3 N–H and O–H groups in total. The minimum Gasteiger partial charge on any atom is -0.481 e. The lowest BCUT2D eigenvalue weighted by atomic mass is 10.0. The summed E-state index contributed by atoms with van der Waals surface area (Å²) >= 11 is 0. The predicted octanol–water partition coefficient (Wildman–Crippen LogP) is 0.409. The quantitative estimate of drug-likeness (QED) is 0.540. The predicted molar refractivity (Wildman–Crippen MR) is 48.7 cm³/mol. The van der Waals surface area contributed by atoms with E-state index in [0.29, 0.717) is 0 Å². The molecular weight excluding hydrogens is 211 g/mol. The molecule has 0 aliphatic carbocycles. The van der Waals surface area contributed by atoms with E-state index in [1.54, 1.807) is 0 Å². The molecule has 0 aromatic carbocycles. The molecule has 2 atom stereocenters. The summed E-state index contributed by atoms with van der Waals surface area (Å²) < 4.78 is 10.3. The van der Waals surface area contributed by atoms with Gasteiger partial charge >= 0.3 is 11.9 Å². The highest BCUT2D eigenvalue weighted by molar-refractivity contribution is 7.37. The Labute approximate surface area is 81.4 Å². The first-order valence-electron chi connectivity index (χ1n) is 4.10. The zero-order chi connectivity index (χ0) is 11.1. The lowest BCUT2D eigenvalue weighted by Crippen LogP contribution is -2.17. The first-order valence-corrected chi connectivity index (χ1v) is 5.66. The molecule has 0 heterocycles. The highest BCUT2D eigenvalue weighted by Gasteiger charge is 2.20. The highest BCUT2D eigenvalue weighted by Crippen LogP contribution is 2.19. The first kappa shape index (κ1) is 13.1. The normalized spacial score (nSPS) is 14.6. The van der Waals surface area contributed by atoms with E-state index in [-0.39, 0.29) is 19.0 Å². The molecule has 0 aliphatic rings. The van der Waals surface area contributed by atoms with Crippen molar-refractivity contribution in [2.24, 2.45) is 5.92 Å². The van der Waals surface area contributed by atoms with Gasteiger partial charge in [-0.1, -0.05) is 0 Å². The van der Waals surface area contributed by atoms with E-state index in [0.717, 1.165) is 0 Å². The van der Waals surface area contributed by atoms with Gasteiger partial charge in [-0.15, -0.1) is 0 Å². The lowest BCUT2D eigenvalue weighted by molar-refractivity contribution is -0.148. The van der Waals surface area contributed by atoms with E-state index in [1.165, 1.54) is 0 Å². The largest absolute Gasteiger partial charge is 0.481 e. The van der Waals surface area contributed by atoms with Crippen molar-refractivity contribution in [3.8, 4) is 0 Å². The zero-order valence-corrected chi connectivity index (χ0v) is 8.47. The average molecular weight is 224 g/mol. The van der Waals surface area contributed by atoms with Crippen molar-refractivity contribution >= 4 is 20.0 Å². The van der Waals surface area contributed by atoms with Crippen LogP contribution in [-0.2, 0) is 14.2 Å². The van der Waals surface area contributed by atoms with E-state index >= 15 is 0 Å². The molecular formula is C7H13O6P. The number of carbonyl (C=O) groups is 2. The summed E-state index contributed by atoms with van der Waals surface area (Å²) in [5, 5.41) is 17.0. The number of rotatable bonds is 7. The standard InChI is InChI=1S/C7H13O6P/c8-6(9)4-5(7(10)11)2-1-3-14(12)13/h5,14H,1-4H2,(H,8,9)(H,10,11)(H,12,13). The maximum absolute atomic E-state index is 10.5.